The van der Waals surface area contributed by atoms with Crippen LogP contribution in [0.15, 0.2) is 48.5 Å². The number of aliphatic hydroxyl groups excluding tert-OH is 1. The highest BCUT2D eigenvalue weighted by molar-refractivity contribution is 6.00. The lowest BCUT2D eigenvalue weighted by Gasteiger charge is -2.23. The molecule has 0 aromatic heterocycles. The highest BCUT2D eigenvalue weighted by atomic mass is 16.3. The molecule has 2 aromatic rings. The zero-order chi connectivity index (χ0) is 23.2. The summed E-state index contributed by atoms with van der Waals surface area (Å²) >= 11 is 0. The maximum atomic E-state index is 12.6. The van der Waals surface area contributed by atoms with Gasteiger partial charge in [0.2, 0.25) is 0 Å². The van der Waals surface area contributed by atoms with E-state index in [-0.39, 0.29) is 29.4 Å². The standard InChI is InChI=1S/C25H35N3O3/c1-24(2,3)27-22(30)19-12-8-7-11-17(19)15-18(29)16-26-21-14-10-9-13-20(21)23(31)28-25(4,5)6/h7-14,18,26,29H,15-16H2,1-6H3,(H,27,30)(H,28,31). The summed E-state index contributed by atoms with van der Waals surface area (Å²) in [6, 6.07) is 14.5. The Bertz CT molecular complexity index is 911. The average Bonchev–Trinajstić information content (AvgIpc) is 2.64. The topological polar surface area (TPSA) is 90.5 Å². The Kier molecular flexibility index (Phi) is 7.85. The summed E-state index contributed by atoms with van der Waals surface area (Å²) in [6.45, 7) is 11.8. The zero-order valence-electron chi connectivity index (χ0n) is 19.4. The van der Waals surface area contributed by atoms with Gasteiger partial charge in [0.15, 0.2) is 0 Å². The molecule has 1 unspecified atom stereocenters. The summed E-state index contributed by atoms with van der Waals surface area (Å²) in [5.41, 5.74) is 1.82. The molecule has 4 N–H and O–H groups in total. The van der Waals surface area contributed by atoms with Crippen molar-refractivity contribution in [2.75, 3.05) is 11.9 Å². The number of benzene rings is 2. The van der Waals surface area contributed by atoms with Crippen LogP contribution in [0.1, 0.15) is 67.8 Å². The van der Waals surface area contributed by atoms with Gasteiger partial charge >= 0.3 is 0 Å². The summed E-state index contributed by atoms with van der Waals surface area (Å²) in [7, 11) is 0. The quantitative estimate of drug-likeness (QED) is 0.544. The Morgan fingerprint density at radius 1 is 0.806 bits per heavy atom. The minimum Gasteiger partial charge on any atom is -0.391 e. The second-order valence-corrected chi connectivity index (χ2v) is 9.85. The van der Waals surface area contributed by atoms with Crippen LogP contribution in [-0.2, 0) is 6.42 Å². The van der Waals surface area contributed by atoms with Gasteiger partial charge in [-0.15, -0.1) is 0 Å². The fourth-order valence-corrected chi connectivity index (χ4v) is 3.12. The van der Waals surface area contributed by atoms with Gasteiger partial charge in [0.25, 0.3) is 11.8 Å². The van der Waals surface area contributed by atoms with Gasteiger partial charge in [0, 0.05) is 35.3 Å². The molecule has 0 fully saturated rings. The molecule has 0 saturated carbocycles. The van der Waals surface area contributed by atoms with Crippen molar-refractivity contribution >= 4 is 17.5 Å². The van der Waals surface area contributed by atoms with E-state index in [1.807, 2.05) is 77.9 Å². The summed E-state index contributed by atoms with van der Waals surface area (Å²) in [4.78, 5) is 25.2. The average molecular weight is 426 g/mol. The van der Waals surface area contributed by atoms with Crippen LogP contribution in [-0.4, -0.2) is 40.6 Å². The second kappa shape index (κ2) is 9.96. The maximum Gasteiger partial charge on any atom is 0.253 e. The molecule has 168 valence electrons. The number of aliphatic hydroxyl groups is 1. The molecule has 0 aliphatic rings. The first-order valence-electron chi connectivity index (χ1n) is 10.6. The molecule has 0 aliphatic carbocycles. The van der Waals surface area contributed by atoms with Crippen molar-refractivity contribution in [2.24, 2.45) is 0 Å². The molecule has 0 saturated heterocycles. The molecule has 0 spiro atoms. The number of para-hydroxylation sites is 1. The SMILES string of the molecule is CC(C)(C)NC(=O)c1ccccc1CC(O)CNc1ccccc1C(=O)NC(C)(C)C. The predicted molar refractivity (Wildman–Crippen MR) is 126 cm³/mol. The molecule has 0 aliphatic heterocycles. The third-order valence-electron chi connectivity index (χ3n) is 4.39. The molecule has 2 aromatic carbocycles. The summed E-state index contributed by atoms with van der Waals surface area (Å²) in [5, 5.41) is 19.7. The lowest BCUT2D eigenvalue weighted by Crippen LogP contribution is -2.41. The fraction of sp³-hybridized carbons (Fsp3) is 0.440. The number of nitrogens with one attached hydrogen (secondary N) is 3. The van der Waals surface area contributed by atoms with Crippen LogP contribution in [0.4, 0.5) is 5.69 Å². The minimum atomic E-state index is -0.734. The molecular weight excluding hydrogens is 390 g/mol. The van der Waals surface area contributed by atoms with Crippen LogP contribution in [0.3, 0.4) is 0 Å². The molecule has 1 atom stereocenters. The van der Waals surface area contributed by atoms with E-state index in [4.69, 9.17) is 0 Å². The van der Waals surface area contributed by atoms with E-state index in [1.165, 1.54) is 0 Å². The lowest BCUT2D eigenvalue weighted by molar-refractivity contribution is 0.0909. The fourth-order valence-electron chi connectivity index (χ4n) is 3.12. The van der Waals surface area contributed by atoms with Crippen molar-refractivity contribution in [3.8, 4) is 0 Å². The molecule has 6 nitrogen and oxygen atoms in total. The van der Waals surface area contributed by atoms with Gasteiger partial charge in [0.1, 0.15) is 0 Å². The van der Waals surface area contributed by atoms with Gasteiger partial charge in [-0.05, 0) is 65.3 Å². The number of anilines is 1. The van der Waals surface area contributed by atoms with E-state index in [2.05, 4.69) is 16.0 Å². The predicted octanol–water partition coefficient (Wildman–Crippen LogP) is 3.76. The van der Waals surface area contributed by atoms with E-state index in [0.29, 0.717) is 23.2 Å². The number of carbonyl (C=O) groups is 2. The van der Waals surface area contributed by atoms with E-state index in [0.717, 1.165) is 5.56 Å². The van der Waals surface area contributed by atoms with Crippen LogP contribution in [0.2, 0.25) is 0 Å². The summed E-state index contributed by atoms with van der Waals surface area (Å²) < 4.78 is 0. The molecule has 2 rings (SSSR count). The third-order valence-corrected chi connectivity index (χ3v) is 4.39. The summed E-state index contributed by atoms with van der Waals surface area (Å²) in [5.74, 6) is -0.332. The van der Waals surface area contributed by atoms with Crippen molar-refractivity contribution in [1.82, 2.24) is 10.6 Å². The van der Waals surface area contributed by atoms with Crippen molar-refractivity contribution in [3.05, 3.63) is 65.2 Å². The number of carbonyl (C=O) groups excluding carboxylic acids is 2. The minimum absolute atomic E-state index is 0.160. The molecule has 0 radical (unpaired) electrons. The van der Waals surface area contributed by atoms with Crippen LogP contribution in [0, 0.1) is 0 Å². The second-order valence-electron chi connectivity index (χ2n) is 9.85. The molecular formula is C25H35N3O3. The van der Waals surface area contributed by atoms with Crippen LogP contribution >= 0.6 is 0 Å². The van der Waals surface area contributed by atoms with Crippen molar-refractivity contribution in [1.29, 1.82) is 0 Å². The first-order valence-corrected chi connectivity index (χ1v) is 10.6. The van der Waals surface area contributed by atoms with Gasteiger partial charge in [-0.2, -0.15) is 0 Å². The Morgan fingerprint density at radius 2 is 1.29 bits per heavy atom. The third kappa shape index (κ3) is 8.06. The maximum absolute atomic E-state index is 12.6. The van der Waals surface area contributed by atoms with E-state index in [1.54, 1.807) is 12.1 Å². The Hall–Kier alpha value is -2.86. The number of hydrogen-bond donors (Lipinski definition) is 4. The highest BCUT2D eigenvalue weighted by Crippen LogP contribution is 2.18. The van der Waals surface area contributed by atoms with Crippen LogP contribution in [0.5, 0.6) is 0 Å². The monoisotopic (exact) mass is 425 g/mol. The van der Waals surface area contributed by atoms with Crippen molar-refractivity contribution in [2.45, 2.75) is 65.1 Å². The van der Waals surface area contributed by atoms with Crippen molar-refractivity contribution < 1.29 is 14.7 Å². The first-order chi connectivity index (χ1) is 14.4. The van der Waals surface area contributed by atoms with Gasteiger partial charge in [-0.25, -0.2) is 0 Å². The smallest absolute Gasteiger partial charge is 0.253 e. The normalized spacial score (nSPS) is 12.7. The first kappa shape index (κ1) is 24.4. The highest BCUT2D eigenvalue weighted by Gasteiger charge is 2.20. The molecule has 0 bridgehead atoms. The van der Waals surface area contributed by atoms with Crippen LogP contribution in [0.25, 0.3) is 0 Å². The van der Waals surface area contributed by atoms with E-state index >= 15 is 0 Å². The number of rotatable bonds is 7. The summed E-state index contributed by atoms with van der Waals surface area (Å²) in [6.07, 6.45) is -0.417. The molecule has 31 heavy (non-hydrogen) atoms. The van der Waals surface area contributed by atoms with Crippen molar-refractivity contribution in [3.63, 3.8) is 0 Å². The lowest BCUT2D eigenvalue weighted by atomic mass is 9.99. The largest absolute Gasteiger partial charge is 0.391 e. The van der Waals surface area contributed by atoms with Gasteiger partial charge in [-0.3, -0.25) is 9.59 Å². The van der Waals surface area contributed by atoms with Gasteiger partial charge in [0.05, 0.1) is 11.7 Å². The Labute approximate surface area is 185 Å². The van der Waals surface area contributed by atoms with Crippen LogP contribution < -0.4 is 16.0 Å². The van der Waals surface area contributed by atoms with Gasteiger partial charge < -0.3 is 21.1 Å². The molecule has 6 heteroatoms. The van der Waals surface area contributed by atoms with Gasteiger partial charge in [-0.1, -0.05) is 30.3 Å². The molecule has 0 heterocycles. The van der Waals surface area contributed by atoms with E-state index in [9.17, 15) is 14.7 Å². The Morgan fingerprint density at radius 3 is 1.87 bits per heavy atom. The molecule has 2 amide bonds. The zero-order valence-corrected chi connectivity index (χ0v) is 19.4. The number of hydrogen-bond acceptors (Lipinski definition) is 4. The van der Waals surface area contributed by atoms with E-state index < -0.39 is 6.10 Å². The Balaban J connectivity index is 2.07. The number of amides is 2.